The first kappa shape index (κ1) is 8.42. The third kappa shape index (κ3) is 1.33. The van der Waals surface area contributed by atoms with E-state index in [1.165, 1.54) is 0 Å². The molecule has 1 fully saturated rings. The molecule has 0 aromatic heterocycles. The third-order valence-electron chi connectivity index (χ3n) is 1.49. The molecule has 5 heteroatoms. The average Bonchev–Trinajstić information content (AvgIpc) is 2.17. The van der Waals surface area contributed by atoms with Crippen LogP contribution in [0.15, 0.2) is 0 Å². The molecule has 1 heterocycles. The molecular weight excluding hydrogens is 204 g/mol. The maximum Gasteiger partial charge on any atom is 0.183 e. The predicted molar refractivity (Wildman–Crippen MR) is 36.7 cm³/mol. The van der Waals surface area contributed by atoms with Gasteiger partial charge in [0.2, 0.25) is 0 Å². The van der Waals surface area contributed by atoms with E-state index >= 15 is 0 Å². The number of halogens is 1. The lowest BCUT2D eigenvalue weighted by Gasteiger charge is -2.09. The summed E-state index contributed by atoms with van der Waals surface area (Å²) in [6.07, 6.45) is -3.93. The highest BCUT2D eigenvalue weighted by molar-refractivity contribution is 9.09. The fourth-order valence-corrected chi connectivity index (χ4v) is 1.39. The second-order valence-corrected chi connectivity index (χ2v) is 2.85. The Balaban J connectivity index is 2.53. The van der Waals surface area contributed by atoms with Gasteiger partial charge in [-0.3, -0.25) is 0 Å². The van der Waals surface area contributed by atoms with Gasteiger partial charge in [0, 0.05) is 5.33 Å². The van der Waals surface area contributed by atoms with Gasteiger partial charge in [0.1, 0.15) is 12.2 Å². The van der Waals surface area contributed by atoms with Crippen LogP contribution in [0.1, 0.15) is 0 Å². The highest BCUT2D eigenvalue weighted by Gasteiger charge is 2.40. The molecule has 1 rings (SSSR count). The lowest BCUT2D eigenvalue weighted by molar-refractivity contribution is -0.123. The van der Waals surface area contributed by atoms with E-state index in [0.717, 1.165) is 0 Å². The van der Waals surface area contributed by atoms with E-state index in [-0.39, 0.29) is 0 Å². The summed E-state index contributed by atoms with van der Waals surface area (Å²) in [5.74, 6) is 0. The minimum atomic E-state index is -1.25. The normalized spacial score (nSPS) is 48.0. The van der Waals surface area contributed by atoms with Crippen molar-refractivity contribution in [3.63, 3.8) is 0 Å². The maximum atomic E-state index is 9.06. The fraction of sp³-hybridized carbons (Fsp3) is 1.00. The van der Waals surface area contributed by atoms with E-state index in [4.69, 9.17) is 20.1 Å². The van der Waals surface area contributed by atoms with Crippen molar-refractivity contribution >= 4 is 15.9 Å². The van der Waals surface area contributed by atoms with Crippen LogP contribution < -0.4 is 0 Å². The predicted octanol–water partition coefficient (Wildman–Crippen LogP) is -1.18. The molecular formula is C5H9BrO4. The molecule has 60 valence electrons. The third-order valence-corrected chi connectivity index (χ3v) is 2.13. The van der Waals surface area contributed by atoms with Gasteiger partial charge in [-0.15, -0.1) is 0 Å². The molecule has 0 aromatic carbocycles. The molecule has 1 aliphatic rings. The summed E-state index contributed by atoms with van der Waals surface area (Å²) in [6, 6.07) is 0. The number of alkyl halides is 1. The van der Waals surface area contributed by atoms with E-state index in [0.29, 0.717) is 5.33 Å². The molecule has 4 nitrogen and oxygen atoms in total. The first-order valence-electron chi connectivity index (χ1n) is 2.92. The van der Waals surface area contributed by atoms with Crippen LogP contribution in [0.3, 0.4) is 0 Å². The molecule has 1 aliphatic heterocycles. The average molecular weight is 213 g/mol. The van der Waals surface area contributed by atoms with Crippen LogP contribution in [-0.2, 0) is 4.74 Å². The number of hydrogen-bond acceptors (Lipinski definition) is 4. The number of aliphatic hydroxyl groups is 3. The smallest absolute Gasteiger partial charge is 0.183 e. The van der Waals surface area contributed by atoms with Crippen LogP contribution in [0, 0.1) is 0 Å². The topological polar surface area (TPSA) is 69.9 Å². The highest BCUT2D eigenvalue weighted by Crippen LogP contribution is 2.20. The summed E-state index contributed by atoms with van der Waals surface area (Å²) >= 11 is 3.06. The largest absolute Gasteiger partial charge is 0.387 e. The molecule has 10 heavy (non-hydrogen) atoms. The van der Waals surface area contributed by atoms with Crippen molar-refractivity contribution in [2.24, 2.45) is 0 Å². The van der Waals surface area contributed by atoms with Crippen LogP contribution in [0.5, 0.6) is 0 Å². The summed E-state index contributed by atoms with van der Waals surface area (Å²) in [7, 11) is 0. The summed E-state index contributed by atoms with van der Waals surface area (Å²) in [5.41, 5.74) is 0. The number of rotatable bonds is 1. The van der Waals surface area contributed by atoms with Gasteiger partial charge in [0.05, 0.1) is 6.10 Å². The Kier molecular flexibility index (Phi) is 2.65. The van der Waals surface area contributed by atoms with Gasteiger partial charge in [-0.25, -0.2) is 0 Å². The van der Waals surface area contributed by atoms with Gasteiger partial charge in [-0.2, -0.15) is 0 Å². The highest BCUT2D eigenvalue weighted by atomic mass is 79.9. The van der Waals surface area contributed by atoms with Gasteiger partial charge in [0.15, 0.2) is 6.29 Å². The first-order chi connectivity index (χ1) is 4.66. The molecule has 0 radical (unpaired) electrons. The SMILES string of the molecule is OC1O[C@H](CBr)[C@H](O)[C@H]1O. The summed E-state index contributed by atoms with van der Waals surface area (Å²) in [5, 5.41) is 27.2. The van der Waals surface area contributed by atoms with Crippen LogP contribution in [0.25, 0.3) is 0 Å². The van der Waals surface area contributed by atoms with Crippen LogP contribution in [0.2, 0.25) is 0 Å². The van der Waals surface area contributed by atoms with Crippen molar-refractivity contribution in [1.82, 2.24) is 0 Å². The Morgan fingerprint density at radius 2 is 1.80 bits per heavy atom. The first-order valence-corrected chi connectivity index (χ1v) is 4.04. The summed E-state index contributed by atoms with van der Waals surface area (Å²) in [6.45, 7) is 0. The summed E-state index contributed by atoms with van der Waals surface area (Å²) in [4.78, 5) is 0. The number of hydrogen-bond donors (Lipinski definition) is 3. The lowest BCUT2D eigenvalue weighted by Crippen LogP contribution is -2.32. The summed E-state index contributed by atoms with van der Waals surface area (Å²) < 4.78 is 4.74. The maximum absolute atomic E-state index is 9.06. The minimum absolute atomic E-state index is 0.405. The van der Waals surface area contributed by atoms with E-state index in [9.17, 15) is 0 Å². The van der Waals surface area contributed by atoms with Crippen molar-refractivity contribution < 1.29 is 20.1 Å². The molecule has 0 saturated carbocycles. The van der Waals surface area contributed by atoms with Crippen LogP contribution in [0.4, 0.5) is 0 Å². The Morgan fingerprint density at radius 3 is 2.00 bits per heavy atom. The van der Waals surface area contributed by atoms with Gasteiger partial charge in [-0.05, 0) is 0 Å². The van der Waals surface area contributed by atoms with Crippen LogP contribution >= 0.6 is 15.9 Å². The second kappa shape index (κ2) is 3.15. The molecule has 0 spiro atoms. The van der Waals surface area contributed by atoms with Gasteiger partial charge >= 0.3 is 0 Å². The Bertz CT molecular complexity index is 120. The molecule has 1 unspecified atom stereocenters. The minimum Gasteiger partial charge on any atom is -0.387 e. The fourth-order valence-electron chi connectivity index (χ4n) is 0.856. The molecule has 0 aliphatic carbocycles. The molecule has 4 atom stereocenters. The van der Waals surface area contributed by atoms with Gasteiger partial charge < -0.3 is 20.1 Å². The molecule has 3 N–H and O–H groups in total. The zero-order valence-electron chi connectivity index (χ0n) is 5.14. The monoisotopic (exact) mass is 212 g/mol. The lowest BCUT2D eigenvalue weighted by atomic mass is 10.2. The van der Waals surface area contributed by atoms with Crippen molar-refractivity contribution in [2.75, 3.05) is 5.33 Å². The number of ether oxygens (including phenoxy) is 1. The van der Waals surface area contributed by atoms with Gasteiger partial charge in [-0.1, -0.05) is 15.9 Å². The molecule has 0 aromatic rings. The van der Waals surface area contributed by atoms with E-state index < -0.39 is 24.6 Å². The van der Waals surface area contributed by atoms with Gasteiger partial charge in [0.25, 0.3) is 0 Å². The quantitative estimate of drug-likeness (QED) is 0.479. The molecule has 0 amide bonds. The molecule has 1 saturated heterocycles. The standard InChI is InChI=1S/C5H9BrO4/c6-1-2-3(7)4(8)5(9)10-2/h2-5,7-9H,1H2/t2-,3+,4-,5?/m1/s1. The van der Waals surface area contributed by atoms with Crippen LogP contribution in [-0.4, -0.2) is 45.3 Å². The van der Waals surface area contributed by atoms with Crippen molar-refractivity contribution in [3.05, 3.63) is 0 Å². The van der Waals surface area contributed by atoms with Crippen molar-refractivity contribution in [3.8, 4) is 0 Å². The number of aliphatic hydroxyl groups excluding tert-OH is 3. The van der Waals surface area contributed by atoms with E-state index in [1.807, 2.05) is 0 Å². The molecule has 0 bridgehead atoms. The second-order valence-electron chi connectivity index (χ2n) is 2.20. The van der Waals surface area contributed by atoms with E-state index in [2.05, 4.69) is 15.9 Å². The Labute approximate surface area is 66.6 Å². The zero-order valence-corrected chi connectivity index (χ0v) is 6.73. The Morgan fingerprint density at radius 1 is 1.20 bits per heavy atom. The Hall–Kier alpha value is 0.320. The zero-order chi connectivity index (χ0) is 7.72. The van der Waals surface area contributed by atoms with E-state index in [1.54, 1.807) is 0 Å². The van der Waals surface area contributed by atoms with Crippen molar-refractivity contribution in [1.29, 1.82) is 0 Å². The van der Waals surface area contributed by atoms with Crippen molar-refractivity contribution in [2.45, 2.75) is 24.6 Å².